The van der Waals surface area contributed by atoms with E-state index in [-0.39, 0.29) is 18.4 Å². The van der Waals surface area contributed by atoms with Crippen molar-refractivity contribution in [3.05, 3.63) is 114 Å². The zero-order valence-corrected chi connectivity index (χ0v) is 24.1. The van der Waals surface area contributed by atoms with Gasteiger partial charge in [-0.2, -0.15) is 0 Å². The molecule has 3 aromatic carbocycles. The Bertz CT molecular complexity index is 1640. The molecular weight excluding hydrogens is 542 g/mol. The lowest BCUT2D eigenvalue weighted by atomic mass is 9.82. The van der Waals surface area contributed by atoms with Crippen LogP contribution in [0.15, 0.2) is 97.2 Å². The fraction of sp³-hybridized carbons (Fsp3) is 0.294. The Morgan fingerprint density at radius 2 is 1.74 bits per heavy atom. The first-order chi connectivity index (χ1) is 20.9. The average Bonchev–Trinajstić information content (AvgIpc) is 3.74. The molecule has 1 aromatic heterocycles. The molecule has 4 aromatic rings. The third kappa shape index (κ3) is 5.26. The van der Waals surface area contributed by atoms with Crippen LogP contribution >= 0.6 is 0 Å². The molecule has 1 fully saturated rings. The van der Waals surface area contributed by atoms with Gasteiger partial charge in [0.05, 0.1) is 23.9 Å². The van der Waals surface area contributed by atoms with E-state index in [4.69, 9.17) is 0 Å². The predicted octanol–water partition coefficient (Wildman–Crippen LogP) is 4.68. The summed E-state index contributed by atoms with van der Waals surface area (Å²) in [7, 11) is 0. The molecule has 220 valence electrons. The van der Waals surface area contributed by atoms with Crippen molar-refractivity contribution in [3.63, 3.8) is 0 Å². The summed E-state index contributed by atoms with van der Waals surface area (Å²) in [6.07, 6.45) is 7.53. The molecule has 0 spiro atoms. The second-order valence-electron chi connectivity index (χ2n) is 11.2. The number of carbonyl (C=O) groups is 2. The van der Waals surface area contributed by atoms with Gasteiger partial charge in [-0.25, -0.2) is 0 Å². The molecule has 2 N–H and O–H groups in total. The Balaban J connectivity index is 1.22. The molecule has 2 aliphatic heterocycles. The van der Waals surface area contributed by atoms with Crippen molar-refractivity contribution in [2.75, 3.05) is 23.0 Å². The van der Waals surface area contributed by atoms with Gasteiger partial charge in [-0.05, 0) is 48.7 Å². The molecule has 3 atom stereocenters. The second-order valence-corrected chi connectivity index (χ2v) is 11.2. The van der Waals surface area contributed by atoms with Crippen molar-refractivity contribution in [2.45, 2.75) is 44.2 Å². The minimum Gasteiger partial charge on any atom is -0.395 e. The molecule has 9 heteroatoms. The fourth-order valence-corrected chi connectivity index (χ4v) is 6.07. The summed E-state index contributed by atoms with van der Waals surface area (Å²) in [6.45, 7) is 2.93. The first kappa shape index (κ1) is 28.5. The van der Waals surface area contributed by atoms with Crippen LogP contribution in [0.3, 0.4) is 0 Å². The first-order valence-electron chi connectivity index (χ1n) is 14.7. The van der Waals surface area contributed by atoms with Crippen LogP contribution < -0.4 is 9.80 Å². The molecule has 0 aliphatic carbocycles. The number of hydrogen-bond donors (Lipinski definition) is 2. The highest BCUT2D eigenvalue weighted by molar-refractivity contribution is 6.12. The third-order valence-corrected chi connectivity index (χ3v) is 8.47. The van der Waals surface area contributed by atoms with Crippen molar-refractivity contribution in [1.29, 1.82) is 0 Å². The molecule has 1 saturated heterocycles. The number of allylic oxidation sites excluding steroid dienone is 1. The standard InChI is InChI=1S/C34H35N5O4/c1-24(11-8-9-19-37-22-30(35-36-37)28(23-40)25-12-4-2-5-13-25)34(43)29-21-27(38-20-10-16-32(38)41)17-18-31(29)39(33(34)42)26-14-6-3-7-15-26/h2-8,11-15,17-18,21-22,24,28,40,43H,9-10,16,19-20,23H2,1H3/b11-8+/t24-,28?,34+/m1/s1. The molecule has 3 heterocycles. The molecule has 0 saturated carbocycles. The second kappa shape index (κ2) is 11.9. The number of aromatic nitrogens is 3. The Kier molecular flexibility index (Phi) is 7.92. The highest BCUT2D eigenvalue weighted by Gasteiger charge is 2.53. The van der Waals surface area contributed by atoms with Crippen molar-refractivity contribution >= 4 is 28.9 Å². The largest absolute Gasteiger partial charge is 0.395 e. The molecule has 43 heavy (non-hydrogen) atoms. The van der Waals surface area contributed by atoms with E-state index in [0.717, 1.165) is 12.0 Å². The van der Waals surface area contributed by atoms with Gasteiger partial charge in [0.25, 0.3) is 5.91 Å². The quantitative estimate of drug-likeness (QED) is 0.265. The van der Waals surface area contributed by atoms with E-state index in [1.165, 1.54) is 0 Å². The minimum absolute atomic E-state index is 0.0472. The summed E-state index contributed by atoms with van der Waals surface area (Å²) < 4.78 is 1.73. The number of anilines is 3. The van der Waals surface area contributed by atoms with Gasteiger partial charge in [-0.3, -0.25) is 19.2 Å². The minimum atomic E-state index is -1.81. The lowest BCUT2D eigenvalue weighted by Gasteiger charge is -2.28. The predicted molar refractivity (Wildman–Crippen MR) is 164 cm³/mol. The normalized spacial score (nSPS) is 19.8. The molecule has 9 nitrogen and oxygen atoms in total. The number of rotatable bonds is 10. The number of fused-ring (bicyclic) bond motifs is 1. The number of aryl methyl sites for hydroxylation is 1. The summed E-state index contributed by atoms with van der Waals surface area (Å²) in [5.41, 5.74) is 2.32. The Labute approximate surface area is 250 Å². The smallest absolute Gasteiger partial charge is 0.268 e. The molecular formula is C34H35N5O4. The van der Waals surface area contributed by atoms with E-state index in [2.05, 4.69) is 10.3 Å². The lowest BCUT2D eigenvalue weighted by molar-refractivity contribution is -0.138. The number of benzene rings is 3. The highest BCUT2D eigenvalue weighted by Crippen LogP contribution is 2.49. The van der Waals surface area contributed by atoms with Gasteiger partial charge in [0.2, 0.25) is 5.91 Å². The Morgan fingerprint density at radius 3 is 2.44 bits per heavy atom. The molecule has 0 bridgehead atoms. The van der Waals surface area contributed by atoms with Gasteiger partial charge in [-0.15, -0.1) is 5.10 Å². The molecule has 0 radical (unpaired) electrons. The first-order valence-corrected chi connectivity index (χ1v) is 14.7. The molecule has 6 rings (SSSR count). The lowest BCUT2D eigenvalue weighted by Crippen LogP contribution is -2.42. The van der Waals surface area contributed by atoms with Crippen LogP contribution in [-0.2, 0) is 21.7 Å². The third-order valence-electron chi connectivity index (χ3n) is 8.47. The van der Waals surface area contributed by atoms with Crippen LogP contribution in [0, 0.1) is 5.92 Å². The van der Waals surface area contributed by atoms with E-state index in [9.17, 15) is 19.8 Å². The molecule has 1 unspecified atom stereocenters. The summed E-state index contributed by atoms with van der Waals surface area (Å²) in [5, 5.41) is 30.6. The van der Waals surface area contributed by atoms with Crippen molar-refractivity contribution < 1.29 is 19.8 Å². The number of carbonyl (C=O) groups excluding carboxylic acids is 2. The number of aliphatic hydroxyl groups is 2. The van der Waals surface area contributed by atoms with E-state index < -0.39 is 17.4 Å². The van der Waals surface area contributed by atoms with Crippen molar-refractivity contribution in [1.82, 2.24) is 15.0 Å². The number of aliphatic hydroxyl groups excluding tert-OH is 1. The number of para-hydroxylation sites is 1. The van der Waals surface area contributed by atoms with Gasteiger partial charge in [-0.1, -0.05) is 72.8 Å². The van der Waals surface area contributed by atoms with Gasteiger partial charge in [0.1, 0.15) is 0 Å². The molecule has 2 amide bonds. The maximum absolute atomic E-state index is 14.0. The highest BCUT2D eigenvalue weighted by atomic mass is 16.3. The summed E-state index contributed by atoms with van der Waals surface area (Å²) in [6, 6.07) is 24.5. The number of hydrogen-bond acceptors (Lipinski definition) is 6. The van der Waals surface area contributed by atoms with Gasteiger partial charge in [0.15, 0.2) is 5.60 Å². The Hall–Kier alpha value is -4.60. The number of nitrogens with zero attached hydrogens (tertiary/aromatic N) is 5. The van der Waals surface area contributed by atoms with Crippen molar-refractivity contribution in [2.24, 2.45) is 5.92 Å². The summed E-state index contributed by atoms with van der Waals surface area (Å²) in [4.78, 5) is 29.8. The van der Waals surface area contributed by atoms with E-state index >= 15 is 0 Å². The summed E-state index contributed by atoms with van der Waals surface area (Å²) in [5.74, 6) is -1.18. The van der Waals surface area contributed by atoms with Gasteiger partial charge >= 0.3 is 0 Å². The van der Waals surface area contributed by atoms with Crippen LogP contribution in [0.4, 0.5) is 17.1 Å². The maximum atomic E-state index is 14.0. The zero-order valence-electron chi connectivity index (χ0n) is 24.1. The van der Waals surface area contributed by atoms with Crippen LogP contribution in [0.1, 0.15) is 48.9 Å². The van der Waals surface area contributed by atoms with E-state index in [0.29, 0.717) is 54.3 Å². The van der Waals surface area contributed by atoms with Crippen LogP contribution in [0.5, 0.6) is 0 Å². The van der Waals surface area contributed by atoms with Crippen LogP contribution in [0.25, 0.3) is 0 Å². The van der Waals surface area contributed by atoms with Gasteiger partial charge < -0.3 is 15.1 Å². The topological polar surface area (TPSA) is 112 Å². The summed E-state index contributed by atoms with van der Waals surface area (Å²) >= 11 is 0. The fourth-order valence-electron chi connectivity index (χ4n) is 6.07. The Morgan fingerprint density at radius 1 is 1.00 bits per heavy atom. The monoisotopic (exact) mass is 577 g/mol. The van der Waals surface area contributed by atoms with E-state index in [1.54, 1.807) is 20.5 Å². The SMILES string of the molecule is C[C@H](/C=C/CCn1cc(C(CO)c2ccccc2)nn1)[C@@]1(O)C(=O)N(c2ccccc2)c2ccc(N3CCCC3=O)cc21. The molecule has 2 aliphatic rings. The number of amides is 2. The van der Waals surface area contributed by atoms with Crippen LogP contribution in [0.2, 0.25) is 0 Å². The maximum Gasteiger partial charge on any atom is 0.268 e. The van der Waals surface area contributed by atoms with Crippen molar-refractivity contribution in [3.8, 4) is 0 Å². The van der Waals surface area contributed by atoms with E-state index in [1.807, 2.05) is 98.1 Å². The average molecular weight is 578 g/mol. The van der Waals surface area contributed by atoms with Gasteiger partial charge in [0, 0.05) is 48.6 Å². The van der Waals surface area contributed by atoms with Crippen LogP contribution in [-0.4, -0.2) is 50.2 Å². The zero-order chi connectivity index (χ0) is 30.0.